The van der Waals surface area contributed by atoms with Crippen LogP contribution in [0.15, 0.2) is 54.9 Å². The van der Waals surface area contributed by atoms with Gasteiger partial charge >= 0.3 is 12.2 Å². The minimum absolute atomic E-state index is 0.0303. The second kappa shape index (κ2) is 16.8. The van der Waals surface area contributed by atoms with Gasteiger partial charge in [0.2, 0.25) is 5.91 Å². The standard InChI is InChI=1S/C42H54N10O5/c1-24(2)32(48-41(54)56-6)23-51-18-8-10-34(51)37-43-22-31(46-37)28-16-17-33-29(20-28)47-39(50(33)5)27-14-12-26(13-15-27)30-21-44-38(45-30)35-11-9-19-52(35)40(53)36(25(3)4)49-42(55)57-7/h12-17,20-22,24-25,32,34-36H,8-11,18-19,23H2,1-7H3,(H,43,46)(H,44,45)(H,48,54)(H,49,55)/t32-,34+,35+,36+/m1/s1. The number of nitrogens with zero attached hydrogens (tertiary/aromatic N) is 6. The number of alkyl carbamates (subject to hydrolysis) is 2. The lowest BCUT2D eigenvalue weighted by atomic mass is 10.0. The summed E-state index contributed by atoms with van der Waals surface area (Å²) in [6.07, 6.45) is 6.38. The number of H-pyrrole nitrogens is 2. The third kappa shape index (κ3) is 8.24. The Morgan fingerprint density at radius 3 is 2.05 bits per heavy atom. The van der Waals surface area contributed by atoms with Crippen LogP contribution >= 0.6 is 0 Å². The highest BCUT2D eigenvalue weighted by molar-refractivity contribution is 5.87. The number of imidazole rings is 3. The van der Waals surface area contributed by atoms with Gasteiger partial charge in [0, 0.05) is 37.3 Å². The molecule has 7 rings (SSSR count). The molecule has 0 radical (unpaired) electrons. The summed E-state index contributed by atoms with van der Waals surface area (Å²) in [6.45, 7) is 10.3. The van der Waals surface area contributed by atoms with Crippen molar-refractivity contribution in [3.05, 3.63) is 66.5 Å². The first kappa shape index (κ1) is 39.5. The van der Waals surface area contributed by atoms with Crippen LogP contribution in [0.4, 0.5) is 9.59 Å². The number of fused-ring (bicyclic) bond motifs is 1. The number of amides is 3. The van der Waals surface area contributed by atoms with Gasteiger partial charge in [-0.05, 0) is 61.8 Å². The molecule has 0 aliphatic carbocycles. The average molecular weight is 779 g/mol. The highest BCUT2D eigenvalue weighted by Crippen LogP contribution is 2.35. The van der Waals surface area contributed by atoms with Crippen molar-refractivity contribution < 1.29 is 23.9 Å². The van der Waals surface area contributed by atoms with E-state index in [-0.39, 0.29) is 35.9 Å². The zero-order chi connectivity index (χ0) is 40.4. The Bertz CT molecular complexity index is 2210. The Balaban J connectivity index is 1.05. The van der Waals surface area contributed by atoms with Gasteiger partial charge in [-0.15, -0.1) is 0 Å². The summed E-state index contributed by atoms with van der Waals surface area (Å²) >= 11 is 0. The van der Waals surface area contributed by atoms with Gasteiger partial charge in [-0.25, -0.2) is 24.5 Å². The van der Waals surface area contributed by atoms with Gasteiger partial charge < -0.3 is 39.5 Å². The minimum atomic E-state index is -0.686. The number of aryl methyl sites for hydroxylation is 1. The fourth-order valence-electron chi connectivity index (χ4n) is 8.16. The van der Waals surface area contributed by atoms with Crippen LogP contribution in [0.1, 0.15) is 77.1 Å². The van der Waals surface area contributed by atoms with Crippen molar-refractivity contribution in [1.82, 2.24) is 49.9 Å². The van der Waals surface area contributed by atoms with Crippen LogP contribution in [0.5, 0.6) is 0 Å². The summed E-state index contributed by atoms with van der Waals surface area (Å²) in [5, 5.41) is 5.70. The number of ether oxygens (including phenoxy) is 2. The maximum Gasteiger partial charge on any atom is 0.407 e. The number of aromatic amines is 2. The molecule has 57 heavy (non-hydrogen) atoms. The molecule has 2 aromatic carbocycles. The minimum Gasteiger partial charge on any atom is -0.453 e. The fourth-order valence-corrected chi connectivity index (χ4v) is 8.16. The number of nitrogens with one attached hydrogen (secondary N) is 4. The van der Waals surface area contributed by atoms with Crippen LogP contribution in [0.25, 0.3) is 44.9 Å². The lowest BCUT2D eigenvalue weighted by Gasteiger charge is -2.30. The molecule has 2 saturated heterocycles. The van der Waals surface area contributed by atoms with Gasteiger partial charge in [0.25, 0.3) is 0 Å². The maximum atomic E-state index is 13.6. The molecule has 4 N–H and O–H groups in total. The maximum absolute atomic E-state index is 13.6. The van der Waals surface area contributed by atoms with E-state index >= 15 is 0 Å². The van der Waals surface area contributed by atoms with E-state index in [1.165, 1.54) is 14.2 Å². The molecular formula is C42H54N10O5. The monoisotopic (exact) mass is 778 g/mol. The van der Waals surface area contributed by atoms with Crippen molar-refractivity contribution in [1.29, 1.82) is 0 Å². The number of carbonyl (C=O) groups excluding carboxylic acids is 3. The second-order valence-corrected chi connectivity index (χ2v) is 15.8. The molecule has 2 fully saturated rings. The van der Waals surface area contributed by atoms with E-state index in [9.17, 15) is 14.4 Å². The molecule has 3 amide bonds. The molecular weight excluding hydrogens is 725 g/mol. The van der Waals surface area contributed by atoms with E-state index in [4.69, 9.17) is 24.4 Å². The Labute approximate surface area is 332 Å². The van der Waals surface area contributed by atoms with Crippen molar-refractivity contribution in [3.63, 3.8) is 0 Å². The van der Waals surface area contributed by atoms with Gasteiger partial charge in [0.05, 0.1) is 61.1 Å². The van der Waals surface area contributed by atoms with E-state index < -0.39 is 18.2 Å². The summed E-state index contributed by atoms with van der Waals surface area (Å²) in [6, 6.07) is 13.8. The predicted octanol–water partition coefficient (Wildman–Crippen LogP) is 6.58. The van der Waals surface area contributed by atoms with E-state index in [1.807, 2.05) is 38.2 Å². The molecule has 5 aromatic rings. The molecule has 15 heteroatoms. The molecule has 2 aliphatic rings. The Kier molecular flexibility index (Phi) is 11.7. The molecule has 15 nitrogen and oxygen atoms in total. The lowest BCUT2D eigenvalue weighted by Crippen LogP contribution is -2.51. The fraction of sp³-hybridized carbons (Fsp3) is 0.476. The number of hydrogen-bond donors (Lipinski definition) is 4. The quantitative estimate of drug-likeness (QED) is 0.109. The van der Waals surface area contributed by atoms with Gasteiger partial charge in [0.1, 0.15) is 23.5 Å². The summed E-state index contributed by atoms with van der Waals surface area (Å²) in [4.78, 5) is 63.4. The van der Waals surface area contributed by atoms with Crippen molar-refractivity contribution in [2.45, 2.75) is 77.5 Å². The number of methoxy groups -OCH3 is 2. The Hall–Kier alpha value is -5.70. The van der Waals surface area contributed by atoms with E-state index in [0.29, 0.717) is 6.54 Å². The molecule has 0 bridgehead atoms. The summed E-state index contributed by atoms with van der Waals surface area (Å²) in [5.74, 6) is 2.52. The molecule has 302 valence electrons. The number of aromatic nitrogens is 6. The normalized spacial score (nSPS) is 18.4. The SMILES string of the molecule is COC(=O)N[C@H](C(=O)N1CCC[C@H]1c1ncc(-c2ccc(-c3nc4cc(-c5cnc([C@@H]6CCCN6C[C@@H](NC(=O)OC)C(C)C)[nH]5)ccc4n3C)cc2)[nH]1)C(C)C. The van der Waals surface area contributed by atoms with Crippen LogP contribution < -0.4 is 10.6 Å². The smallest absolute Gasteiger partial charge is 0.407 e. The first-order valence-electron chi connectivity index (χ1n) is 19.9. The number of hydrogen-bond acceptors (Lipinski definition) is 9. The average Bonchev–Trinajstić information content (AvgIpc) is 4.06. The number of benzene rings is 2. The summed E-state index contributed by atoms with van der Waals surface area (Å²) in [7, 11) is 4.72. The third-order valence-corrected chi connectivity index (χ3v) is 11.5. The molecule has 0 saturated carbocycles. The Morgan fingerprint density at radius 1 is 0.789 bits per heavy atom. The summed E-state index contributed by atoms with van der Waals surface area (Å²) in [5.41, 5.74) is 6.66. The van der Waals surface area contributed by atoms with Gasteiger partial charge in [-0.1, -0.05) is 58.0 Å². The predicted molar refractivity (Wildman–Crippen MR) is 217 cm³/mol. The van der Waals surface area contributed by atoms with Crippen LogP contribution in [-0.4, -0.2) is 103 Å². The zero-order valence-electron chi connectivity index (χ0n) is 33.8. The van der Waals surface area contributed by atoms with E-state index in [2.05, 4.69) is 86.4 Å². The number of carbonyl (C=O) groups is 3. The molecule has 5 heterocycles. The third-order valence-electron chi connectivity index (χ3n) is 11.5. The lowest BCUT2D eigenvalue weighted by molar-refractivity contribution is -0.135. The summed E-state index contributed by atoms with van der Waals surface area (Å²) < 4.78 is 11.7. The van der Waals surface area contributed by atoms with Crippen molar-refractivity contribution >= 4 is 29.1 Å². The van der Waals surface area contributed by atoms with Gasteiger partial charge in [0.15, 0.2) is 0 Å². The number of likely N-dealkylation sites (tertiary alicyclic amines) is 2. The molecule has 0 spiro atoms. The zero-order valence-corrected chi connectivity index (χ0v) is 33.8. The molecule has 0 unspecified atom stereocenters. The largest absolute Gasteiger partial charge is 0.453 e. The van der Waals surface area contributed by atoms with Crippen molar-refractivity contribution in [2.75, 3.05) is 33.9 Å². The van der Waals surface area contributed by atoms with Gasteiger partial charge in [-0.3, -0.25) is 9.69 Å². The first-order chi connectivity index (χ1) is 27.4. The van der Waals surface area contributed by atoms with Gasteiger partial charge in [-0.2, -0.15) is 0 Å². The van der Waals surface area contributed by atoms with Crippen LogP contribution in [0, 0.1) is 11.8 Å². The van der Waals surface area contributed by atoms with E-state index in [1.54, 1.807) is 0 Å². The van der Waals surface area contributed by atoms with Crippen LogP contribution in [-0.2, 0) is 21.3 Å². The Morgan fingerprint density at radius 2 is 1.39 bits per heavy atom. The van der Waals surface area contributed by atoms with Crippen LogP contribution in [0.3, 0.4) is 0 Å². The topological polar surface area (TPSA) is 175 Å². The first-order valence-corrected chi connectivity index (χ1v) is 19.9. The molecule has 3 aromatic heterocycles. The molecule has 4 atom stereocenters. The highest BCUT2D eigenvalue weighted by atomic mass is 16.5. The van der Waals surface area contributed by atoms with Crippen molar-refractivity contribution in [2.24, 2.45) is 18.9 Å². The molecule has 2 aliphatic heterocycles. The number of rotatable bonds is 12. The van der Waals surface area contributed by atoms with Crippen molar-refractivity contribution in [3.8, 4) is 33.9 Å². The van der Waals surface area contributed by atoms with Crippen LogP contribution in [0.2, 0.25) is 0 Å². The van der Waals surface area contributed by atoms with E-state index in [0.717, 1.165) is 95.4 Å². The second-order valence-electron chi connectivity index (χ2n) is 15.8. The highest BCUT2D eigenvalue weighted by Gasteiger charge is 2.37.